The van der Waals surface area contributed by atoms with Gasteiger partial charge in [-0.15, -0.1) is 11.3 Å². The van der Waals surface area contributed by atoms with Crippen molar-refractivity contribution in [2.24, 2.45) is 11.5 Å². The average Bonchev–Trinajstić information content (AvgIpc) is 2.95. The average molecular weight is 288 g/mol. The fourth-order valence-corrected chi connectivity index (χ4v) is 2.42. The molecule has 6 heteroatoms. The highest BCUT2D eigenvalue weighted by molar-refractivity contribution is 7.12. The van der Waals surface area contributed by atoms with E-state index in [0.717, 1.165) is 22.5 Å². The second kappa shape index (κ2) is 6.40. The van der Waals surface area contributed by atoms with Crippen molar-refractivity contribution in [1.29, 1.82) is 0 Å². The predicted octanol–water partition coefficient (Wildman–Crippen LogP) is 1.33. The van der Waals surface area contributed by atoms with Crippen LogP contribution >= 0.6 is 11.3 Å². The fourth-order valence-electron chi connectivity index (χ4n) is 1.68. The molecule has 0 aliphatic carbocycles. The van der Waals surface area contributed by atoms with Crippen molar-refractivity contribution in [3.8, 4) is 0 Å². The minimum atomic E-state index is -0.629. The van der Waals surface area contributed by atoms with Gasteiger partial charge in [0.05, 0.1) is 0 Å². The number of aromatic nitrogens is 1. The lowest BCUT2D eigenvalue weighted by Crippen LogP contribution is -2.12. The molecule has 0 aliphatic rings. The van der Waals surface area contributed by atoms with Crippen LogP contribution in [0.1, 0.15) is 31.4 Å². The number of benzene rings is 1. The second-order valence-electron chi connectivity index (χ2n) is 4.20. The zero-order chi connectivity index (χ0) is 14.5. The number of thiazole rings is 1. The summed E-state index contributed by atoms with van der Waals surface area (Å²) in [4.78, 5) is 26.7. The van der Waals surface area contributed by atoms with E-state index < -0.39 is 5.91 Å². The van der Waals surface area contributed by atoms with Crippen molar-refractivity contribution >= 4 is 23.0 Å². The summed E-state index contributed by atoms with van der Waals surface area (Å²) in [6.07, 6.45) is 2.04. The number of primary amides is 1. The first-order chi connectivity index (χ1) is 9.60. The van der Waals surface area contributed by atoms with E-state index in [9.17, 15) is 9.59 Å². The molecule has 0 bridgehead atoms. The maximum absolute atomic E-state index is 11.9. The predicted molar refractivity (Wildman–Crippen MR) is 77.3 cm³/mol. The highest BCUT2D eigenvalue weighted by Crippen LogP contribution is 2.13. The largest absolute Gasteiger partial charge is 0.364 e. The first-order valence-corrected chi connectivity index (χ1v) is 6.89. The van der Waals surface area contributed by atoms with Crippen LogP contribution in [0.5, 0.6) is 0 Å². The highest BCUT2D eigenvalue weighted by Gasteiger charge is 2.14. The number of nitrogens with two attached hydrogens (primary N) is 2. The molecular weight excluding hydrogens is 274 g/mol. The van der Waals surface area contributed by atoms with Crippen molar-refractivity contribution < 1.29 is 9.59 Å². The number of Topliss-reactive ketones (excluding diaryl/α,β-unsaturated/α-hetero) is 1. The van der Waals surface area contributed by atoms with Crippen LogP contribution in [0.15, 0.2) is 29.6 Å². The summed E-state index contributed by atoms with van der Waals surface area (Å²) in [5.41, 5.74) is 12.8. The molecule has 103 valence electrons. The van der Waals surface area contributed by atoms with Gasteiger partial charge >= 0.3 is 0 Å². The molecule has 0 saturated heterocycles. The van der Waals surface area contributed by atoms with E-state index in [1.165, 1.54) is 5.38 Å². The molecule has 2 aromatic rings. The second-order valence-corrected chi connectivity index (χ2v) is 5.06. The van der Waals surface area contributed by atoms with E-state index >= 15 is 0 Å². The Bertz CT molecular complexity index is 637. The topological polar surface area (TPSA) is 99.1 Å². The zero-order valence-electron chi connectivity index (χ0n) is 10.7. The lowest BCUT2D eigenvalue weighted by atomic mass is 10.0. The molecule has 1 amide bonds. The maximum atomic E-state index is 11.9. The van der Waals surface area contributed by atoms with Crippen LogP contribution in [0.2, 0.25) is 0 Å². The van der Waals surface area contributed by atoms with Crippen molar-refractivity contribution in [3.63, 3.8) is 0 Å². The molecule has 0 saturated carbocycles. The molecule has 20 heavy (non-hydrogen) atoms. The minimum Gasteiger partial charge on any atom is -0.364 e. The van der Waals surface area contributed by atoms with Gasteiger partial charge in [0.1, 0.15) is 5.69 Å². The van der Waals surface area contributed by atoms with Gasteiger partial charge in [0.25, 0.3) is 5.91 Å². The quantitative estimate of drug-likeness (QED) is 0.783. The summed E-state index contributed by atoms with van der Waals surface area (Å²) in [5, 5.41) is 1.76. The van der Waals surface area contributed by atoms with E-state index in [1.54, 1.807) is 6.42 Å². The van der Waals surface area contributed by atoms with Gasteiger partial charge < -0.3 is 11.5 Å². The lowest BCUT2D eigenvalue weighted by molar-refractivity contribution is 0.0996. The van der Waals surface area contributed by atoms with Gasteiger partial charge in [0.2, 0.25) is 0 Å². The summed E-state index contributed by atoms with van der Waals surface area (Å²) >= 11 is 1.12. The van der Waals surface area contributed by atoms with Crippen molar-refractivity contribution in [2.75, 3.05) is 0 Å². The summed E-state index contributed by atoms with van der Waals surface area (Å²) in [5.74, 6) is -0.836. The highest BCUT2D eigenvalue weighted by atomic mass is 32.1. The van der Waals surface area contributed by atoms with Crippen molar-refractivity contribution in [1.82, 2.24) is 4.98 Å². The molecule has 0 aliphatic heterocycles. The summed E-state index contributed by atoms with van der Waals surface area (Å²) < 4.78 is 0. The Balaban J connectivity index is 1.98. The minimum absolute atomic E-state index is 0.122. The Morgan fingerprint density at radius 3 is 2.70 bits per heavy atom. The van der Waals surface area contributed by atoms with Crippen LogP contribution in [0.3, 0.4) is 0 Å². The third-order valence-corrected chi connectivity index (χ3v) is 3.57. The Hall–Kier alpha value is -2.05. The van der Waals surface area contributed by atoms with Gasteiger partial charge in [-0.25, -0.2) is 4.98 Å². The molecule has 2 rings (SSSR count). The first kappa shape index (κ1) is 14.4. The Morgan fingerprint density at radius 2 is 2.05 bits per heavy atom. The van der Waals surface area contributed by atoms with Gasteiger partial charge in [0, 0.05) is 18.3 Å². The number of hydrogen-bond acceptors (Lipinski definition) is 5. The number of rotatable bonds is 6. The van der Waals surface area contributed by atoms with Crippen LogP contribution in [0.25, 0.3) is 0 Å². The zero-order valence-corrected chi connectivity index (χ0v) is 11.5. The van der Waals surface area contributed by atoms with Crippen LogP contribution in [-0.2, 0) is 13.0 Å². The lowest BCUT2D eigenvalue weighted by Gasteiger charge is -2.02. The normalized spacial score (nSPS) is 10.4. The van der Waals surface area contributed by atoms with E-state index in [-0.39, 0.29) is 16.5 Å². The Morgan fingerprint density at radius 1 is 1.30 bits per heavy atom. The molecule has 4 N–H and O–H groups in total. The SMILES string of the molecule is NCc1cccc(C[CH]C(=O)c2nc(C(N)=O)cs2)c1. The van der Waals surface area contributed by atoms with Crippen molar-refractivity contribution in [3.05, 3.63) is 57.9 Å². The number of carbonyl (C=O) groups excluding carboxylic acids is 2. The van der Waals surface area contributed by atoms with Gasteiger partial charge in [-0.2, -0.15) is 0 Å². The Kier molecular flexibility index (Phi) is 4.60. The number of ketones is 1. The van der Waals surface area contributed by atoms with Gasteiger partial charge in [-0.05, 0) is 17.5 Å². The standard InChI is InChI=1S/C14H14N3O2S/c15-7-10-3-1-2-9(6-10)4-5-12(18)14-17-11(8-20-14)13(16)19/h1-3,5-6,8H,4,7,15H2,(H2,16,19). The molecule has 0 unspecified atom stereocenters. The molecule has 1 aromatic carbocycles. The molecule has 0 atom stereocenters. The van der Waals surface area contributed by atoms with Crippen molar-refractivity contribution in [2.45, 2.75) is 13.0 Å². The molecule has 0 spiro atoms. The molecular formula is C14H14N3O2S. The number of amides is 1. The summed E-state index contributed by atoms with van der Waals surface area (Å²) in [7, 11) is 0. The smallest absolute Gasteiger partial charge is 0.268 e. The van der Waals surface area contributed by atoms with Crippen LogP contribution in [0, 0.1) is 6.42 Å². The van der Waals surface area contributed by atoms with Gasteiger partial charge in [0.15, 0.2) is 10.8 Å². The number of carbonyl (C=O) groups is 2. The maximum Gasteiger partial charge on any atom is 0.268 e. The Labute approximate surface area is 120 Å². The molecule has 1 radical (unpaired) electrons. The fraction of sp³-hybridized carbons (Fsp3) is 0.143. The molecule has 1 heterocycles. The van der Waals surface area contributed by atoms with E-state index in [0.29, 0.717) is 13.0 Å². The summed E-state index contributed by atoms with van der Waals surface area (Å²) in [6.45, 7) is 0.468. The molecule has 1 aromatic heterocycles. The monoisotopic (exact) mass is 288 g/mol. The summed E-state index contributed by atoms with van der Waals surface area (Å²) in [6, 6.07) is 7.73. The van der Waals surface area contributed by atoms with Crippen LogP contribution < -0.4 is 11.5 Å². The molecule has 5 nitrogen and oxygen atoms in total. The molecule has 0 fully saturated rings. The number of hydrogen-bond donors (Lipinski definition) is 2. The van der Waals surface area contributed by atoms with Crippen LogP contribution in [-0.4, -0.2) is 16.7 Å². The third-order valence-electron chi connectivity index (χ3n) is 2.72. The van der Waals surface area contributed by atoms with E-state index in [1.807, 2.05) is 24.3 Å². The van der Waals surface area contributed by atoms with Crippen LogP contribution in [0.4, 0.5) is 0 Å². The van der Waals surface area contributed by atoms with Gasteiger partial charge in [-0.1, -0.05) is 24.3 Å². The van der Waals surface area contributed by atoms with E-state index in [2.05, 4.69) is 4.98 Å². The van der Waals surface area contributed by atoms with E-state index in [4.69, 9.17) is 11.5 Å². The third kappa shape index (κ3) is 3.49. The first-order valence-electron chi connectivity index (χ1n) is 6.01. The van der Waals surface area contributed by atoms with Gasteiger partial charge in [-0.3, -0.25) is 9.59 Å². The number of nitrogens with zero attached hydrogens (tertiary/aromatic N) is 1.